The van der Waals surface area contributed by atoms with Crippen molar-refractivity contribution < 1.29 is 9.59 Å². The van der Waals surface area contributed by atoms with Gasteiger partial charge in [-0.3, -0.25) is 9.59 Å². The number of rotatable bonds is 10. The van der Waals surface area contributed by atoms with Crippen LogP contribution in [0.25, 0.3) is 0 Å². The molecule has 1 saturated carbocycles. The van der Waals surface area contributed by atoms with E-state index in [-0.39, 0.29) is 17.9 Å². The predicted molar refractivity (Wildman–Crippen MR) is 130 cm³/mol. The number of aryl methyl sites for hydroxylation is 3. The Morgan fingerprint density at radius 2 is 1.53 bits per heavy atom. The molecule has 0 heterocycles. The molecule has 1 fully saturated rings. The van der Waals surface area contributed by atoms with Crippen LogP contribution in [0.1, 0.15) is 74.6 Å². The topological polar surface area (TPSA) is 49.4 Å². The summed E-state index contributed by atoms with van der Waals surface area (Å²) in [6, 6.07) is 16.5. The van der Waals surface area contributed by atoms with Gasteiger partial charge in [-0.25, -0.2) is 0 Å². The fourth-order valence-electron chi connectivity index (χ4n) is 4.51. The summed E-state index contributed by atoms with van der Waals surface area (Å²) in [4.78, 5) is 28.4. The molecule has 0 radical (unpaired) electrons. The molecule has 2 amide bonds. The molecule has 0 saturated heterocycles. The third-order valence-corrected chi connectivity index (χ3v) is 6.62. The van der Waals surface area contributed by atoms with Crippen LogP contribution in [-0.4, -0.2) is 28.8 Å². The first-order chi connectivity index (χ1) is 15.5. The van der Waals surface area contributed by atoms with E-state index in [4.69, 9.17) is 0 Å². The Hall–Kier alpha value is -2.62. The van der Waals surface area contributed by atoms with E-state index in [1.54, 1.807) is 4.90 Å². The zero-order chi connectivity index (χ0) is 22.9. The van der Waals surface area contributed by atoms with Crippen LogP contribution >= 0.6 is 0 Å². The van der Waals surface area contributed by atoms with Gasteiger partial charge >= 0.3 is 0 Å². The lowest BCUT2D eigenvalue weighted by atomic mass is 10.0. The van der Waals surface area contributed by atoms with E-state index in [0.717, 1.165) is 30.4 Å². The van der Waals surface area contributed by atoms with Gasteiger partial charge in [-0.05, 0) is 55.7 Å². The third kappa shape index (κ3) is 6.69. The fourth-order valence-corrected chi connectivity index (χ4v) is 4.51. The molecule has 0 aromatic heterocycles. The Morgan fingerprint density at radius 3 is 2.12 bits per heavy atom. The van der Waals surface area contributed by atoms with Gasteiger partial charge in [-0.15, -0.1) is 0 Å². The number of nitrogens with zero attached hydrogens (tertiary/aromatic N) is 1. The zero-order valence-corrected chi connectivity index (χ0v) is 19.9. The summed E-state index contributed by atoms with van der Waals surface area (Å²) in [6.07, 6.45) is 7.15. The van der Waals surface area contributed by atoms with Gasteiger partial charge in [0.15, 0.2) is 0 Å². The molecule has 0 spiro atoms. The van der Waals surface area contributed by atoms with E-state index in [0.29, 0.717) is 25.8 Å². The maximum Gasteiger partial charge on any atom is 0.243 e. The van der Waals surface area contributed by atoms with Crippen LogP contribution in [0, 0.1) is 6.92 Å². The summed E-state index contributed by atoms with van der Waals surface area (Å²) in [7, 11) is 0. The van der Waals surface area contributed by atoms with E-state index < -0.39 is 6.04 Å². The first-order valence-corrected chi connectivity index (χ1v) is 12.2. The zero-order valence-electron chi connectivity index (χ0n) is 19.9. The van der Waals surface area contributed by atoms with Gasteiger partial charge < -0.3 is 10.2 Å². The molecule has 0 unspecified atom stereocenters. The second-order valence-corrected chi connectivity index (χ2v) is 9.09. The molecule has 0 bridgehead atoms. The standard InChI is InChI=1S/C28H38N2O2/c1-4-22-14-16-23(17-15-22)18-19-27(31)30(20-24-12-10-21(3)11-13-24)26(5-2)28(32)29-25-8-6-7-9-25/h10-17,25-26H,4-9,18-20H2,1-3H3,(H,29,32)/t26-/m0/s1. The maximum atomic E-state index is 13.4. The van der Waals surface area contributed by atoms with Gasteiger partial charge in [0.2, 0.25) is 11.8 Å². The lowest BCUT2D eigenvalue weighted by Gasteiger charge is -2.31. The van der Waals surface area contributed by atoms with Gasteiger partial charge in [0.1, 0.15) is 6.04 Å². The Labute approximate surface area is 193 Å². The number of hydrogen-bond donors (Lipinski definition) is 1. The summed E-state index contributed by atoms with van der Waals surface area (Å²) in [6.45, 7) is 6.66. The SMILES string of the molecule is CCc1ccc(CCC(=O)N(Cc2ccc(C)cc2)[C@@H](CC)C(=O)NC2CCCC2)cc1. The average Bonchev–Trinajstić information content (AvgIpc) is 3.32. The summed E-state index contributed by atoms with van der Waals surface area (Å²) in [5.74, 6) is 0.0331. The molecule has 1 aliphatic carbocycles. The van der Waals surface area contributed by atoms with Crippen molar-refractivity contribution in [1.82, 2.24) is 10.2 Å². The number of carbonyl (C=O) groups is 2. The fraction of sp³-hybridized carbons (Fsp3) is 0.500. The molecular formula is C28H38N2O2. The van der Waals surface area contributed by atoms with Crippen LogP contribution in [-0.2, 0) is 29.0 Å². The van der Waals surface area contributed by atoms with E-state index in [9.17, 15) is 9.59 Å². The highest BCUT2D eigenvalue weighted by atomic mass is 16.2. The van der Waals surface area contributed by atoms with Crippen LogP contribution in [0.2, 0.25) is 0 Å². The molecule has 1 aliphatic rings. The molecular weight excluding hydrogens is 396 g/mol. The summed E-state index contributed by atoms with van der Waals surface area (Å²) in [5.41, 5.74) is 4.71. The minimum absolute atomic E-state index is 0.00726. The summed E-state index contributed by atoms with van der Waals surface area (Å²) < 4.78 is 0. The first-order valence-electron chi connectivity index (χ1n) is 12.2. The van der Waals surface area contributed by atoms with Gasteiger partial charge in [0, 0.05) is 19.0 Å². The quantitative estimate of drug-likeness (QED) is 0.547. The third-order valence-electron chi connectivity index (χ3n) is 6.62. The molecule has 1 N–H and O–H groups in total. The number of hydrogen-bond acceptors (Lipinski definition) is 2. The van der Waals surface area contributed by atoms with Crippen molar-refractivity contribution in [3.05, 3.63) is 70.8 Å². The molecule has 172 valence electrons. The summed E-state index contributed by atoms with van der Waals surface area (Å²) >= 11 is 0. The Kier molecular flexibility index (Phi) is 8.90. The smallest absolute Gasteiger partial charge is 0.243 e. The van der Waals surface area contributed by atoms with Crippen LogP contribution in [0.15, 0.2) is 48.5 Å². The van der Waals surface area contributed by atoms with Crippen LogP contribution in [0.3, 0.4) is 0 Å². The normalized spacial score (nSPS) is 14.8. The van der Waals surface area contributed by atoms with Gasteiger partial charge in [-0.1, -0.05) is 80.8 Å². The van der Waals surface area contributed by atoms with Gasteiger partial charge in [0.25, 0.3) is 0 Å². The number of amides is 2. The maximum absolute atomic E-state index is 13.4. The van der Waals surface area contributed by atoms with E-state index in [2.05, 4.69) is 67.7 Å². The molecule has 0 aliphatic heterocycles. The molecule has 32 heavy (non-hydrogen) atoms. The highest BCUT2D eigenvalue weighted by Gasteiger charge is 2.30. The number of nitrogens with one attached hydrogen (secondary N) is 1. The molecule has 3 rings (SSSR count). The van der Waals surface area contributed by atoms with Crippen molar-refractivity contribution in [3.8, 4) is 0 Å². The monoisotopic (exact) mass is 434 g/mol. The van der Waals surface area contributed by atoms with Gasteiger partial charge in [0.05, 0.1) is 0 Å². The largest absolute Gasteiger partial charge is 0.352 e. The molecule has 1 atom stereocenters. The Bertz CT molecular complexity index is 867. The molecule has 2 aromatic rings. The van der Waals surface area contributed by atoms with Crippen molar-refractivity contribution in [2.75, 3.05) is 0 Å². The van der Waals surface area contributed by atoms with Crippen molar-refractivity contribution in [2.24, 2.45) is 0 Å². The second kappa shape index (κ2) is 11.8. The van der Waals surface area contributed by atoms with E-state index in [1.807, 2.05) is 6.92 Å². The van der Waals surface area contributed by atoms with E-state index >= 15 is 0 Å². The van der Waals surface area contributed by atoms with Gasteiger partial charge in [-0.2, -0.15) is 0 Å². The second-order valence-electron chi connectivity index (χ2n) is 9.09. The highest BCUT2D eigenvalue weighted by Crippen LogP contribution is 2.20. The number of benzene rings is 2. The van der Waals surface area contributed by atoms with Crippen LogP contribution < -0.4 is 5.32 Å². The Morgan fingerprint density at radius 1 is 0.938 bits per heavy atom. The minimum Gasteiger partial charge on any atom is -0.352 e. The molecule has 4 heteroatoms. The minimum atomic E-state index is -0.438. The number of carbonyl (C=O) groups excluding carboxylic acids is 2. The van der Waals surface area contributed by atoms with Crippen LogP contribution in [0.4, 0.5) is 0 Å². The highest BCUT2D eigenvalue weighted by molar-refractivity contribution is 5.88. The van der Waals surface area contributed by atoms with E-state index in [1.165, 1.54) is 24.0 Å². The van der Waals surface area contributed by atoms with Crippen molar-refractivity contribution in [1.29, 1.82) is 0 Å². The Balaban J connectivity index is 1.73. The van der Waals surface area contributed by atoms with Crippen molar-refractivity contribution in [2.45, 2.75) is 90.8 Å². The first kappa shape index (κ1) is 24.0. The van der Waals surface area contributed by atoms with Crippen molar-refractivity contribution >= 4 is 11.8 Å². The predicted octanol–water partition coefficient (Wildman–Crippen LogP) is 5.36. The van der Waals surface area contributed by atoms with Crippen LogP contribution in [0.5, 0.6) is 0 Å². The lowest BCUT2D eigenvalue weighted by Crippen LogP contribution is -2.51. The average molecular weight is 435 g/mol. The van der Waals surface area contributed by atoms with Crippen molar-refractivity contribution in [3.63, 3.8) is 0 Å². The summed E-state index contributed by atoms with van der Waals surface area (Å²) in [5, 5.41) is 3.21. The molecule has 2 aromatic carbocycles. The lowest BCUT2D eigenvalue weighted by molar-refractivity contribution is -0.141. The molecule has 4 nitrogen and oxygen atoms in total.